The lowest BCUT2D eigenvalue weighted by atomic mass is 10.0. The number of urea groups is 1. The number of carbonyl (C=O) groups is 6. The normalized spacial score (nSPS) is 18.4. The van der Waals surface area contributed by atoms with Crippen molar-refractivity contribution in [2.45, 2.75) is 70.4 Å². The van der Waals surface area contributed by atoms with Crippen LogP contribution in [0.1, 0.15) is 77.1 Å². The van der Waals surface area contributed by atoms with E-state index in [1.165, 1.54) is 35.6 Å². The van der Waals surface area contributed by atoms with Crippen molar-refractivity contribution in [1.82, 2.24) is 30.1 Å². The van der Waals surface area contributed by atoms with Crippen LogP contribution in [0.25, 0.3) is 0 Å². The van der Waals surface area contributed by atoms with Crippen molar-refractivity contribution in [3.63, 3.8) is 0 Å². The fraction of sp³-hybridized carbons (Fsp3) is 0.400. The monoisotopic (exact) mass is 750 g/mol. The van der Waals surface area contributed by atoms with E-state index in [4.69, 9.17) is 14.7 Å². The van der Waals surface area contributed by atoms with E-state index >= 15 is 0 Å². The Hall–Kier alpha value is -6.16. The van der Waals surface area contributed by atoms with Gasteiger partial charge in [0.15, 0.2) is 0 Å². The lowest BCUT2D eigenvalue weighted by Crippen LogP contribution is -2.54. The maximum atomic E-state index is 13.6. The number of carbonyl (C=O) groups excluding carboxylic acids is 6. The van der Waals surface area contributed by atoms with Gasteiger partial charge in [0, 0.05) is 25.9 Å². The first-order valence-electron chi connectivity index (χ1n) is 16.8. The number of nitrogens with one attached hydrogen (secondary N) is 1. The quantitative estimate of drug-likeness (QED) is 0.153. The molecule has 1 aromatic heterocycles. The number of piperidine rings is 1. The molecule has 4 heterocycles. The SMILES string of the molecule is CC1(C)C(=O)N(c2ccc(C#N)c(C(F)(F)F)c2)C(=O)N1CCCn1cc(COCCCOc2cccc3c2C(=O)N(C2CCC(=O)NC2=O)C3=O)nn1. The molecule has 3 aliphatic rings. The highest BCUT2D eigenvalue weighted by molar-refractivity contribution is 6.25. The van der Waals surface area contributed by atoms with E-state index < -0.39 is 64.5 Å². The molecule has 0 spiro atoms. The predicted octanol–water partition coefficient (Wildman–Crippen LogP) is 3.19. The third-order valence-electron chi connectivity index (χ3n) is 9.24. The van der Waals surface area contributed by atoms with Gasteiger partial charge in [-0.15, -0.1) is 5.10 Å². The van der Waals surface area contributed by atoms with Crippen LogP contribution in [-0.4, -0.2) is 91.7 Å². The van der Waals surface area contributed by atoms with Gasteiger partial charge in [-0.3, -0.25) is 38.9 Å². The van der Waals surface area contributed by atoms with Crippen LogP contribution < -0.4 is 15.0 Å². The molecule has 54 heavy (non-hydrogen) atoms. The minimum Gasteiger partial charge on any atom is -0.493 e. The first-order chi connectivity index (χ1) is 25.6. The Bertz CT molecular complexity index is 2090. The van der Waals surface area contributed by atoms with E-state index in [1.807, 2.05) is 0 Å². The number of nitriles is 1. The molecule has 6 rings (SSSR count). The number of aryl methyl sites for hydroxylation is 1. The van der Waals surface area contributed by atoms with Gasteiger partial charge in [-0.1, -0.05) is 11.3 Å². The van der Waals surface area contributed by atoms with Crippen LogP contribution in [0, 0.1) is 11.3 Å². The van der Waals surface area contributed by atoms with E-state index in [2.05, 4.69) is 15.6 Å². The molecule has 16 nitrogen and oxygen atoms in total. The highest BCUT2D eigenvalue weighted by Gasteiger charge is 2.52. The summed E-state index contributed by atoms with van der Waals surface area (Å²) < 4.78 is 53.7. The second-order valence-corrected chi connectivity index (χ2v) is 13.2. The lowest BCUT2D eigenvalue weighted by molar-refractivity contribution is -0.138. The summed E-state index contributed by atoms with van der Waals surface area (Å²) in [6, 6.07) is 6.88. The first kappa shape index (κ1) is 37.6. The van der Waals surface area contributed by atoms with Crippen LogP contribution >= 0.6 is 0 Å². The predicted molar refractivity (Wildman–Crippen MR) is 177 cm³/mol. The number of amides is 7. The number of benzene rings is 2. The van der Waals surface area contributed by atoms with E-state index in [1.54, 1.807) is 18.3 Å². The Balaban J connectivity index is 0.956. The number of anilines is 1. The van der Waals surface area contributed by atoms with Gasteiger partial charge in [0.1, 0.15) is 23.0 Å². The standard InChI is InChI=1S/C35H33F3N8O8/c1-34(2)32(51)45(22-9-8-20(17-39)24(16-22)35(36,37)38)33(52)44(34)13-4-12-43-18-21(41-42-43)19-53-14-5-15-54-26-7-3-6-23-28(26)31(50)46(30(23)49)25-10-11-27(47)40-29(25)48/h3,6-9,16,18,25H,4-5,10-15,19H2,1-2H3,(H,40,47,48). The Labute approximate surface area is 305 Å². The minimum atomic E-state index is -4.86. The summed E-state index contributed by atoms with van der Waals surface area (Å²) in [6.07, 6.45) is -2.42. The zero-order chi connectivity index (χ0) is 38.9. The number of hydrogen-bond donors (Lipinski definition) is 1. The fourth-order valence-electron chi connectivity index (χ4n) is 6.47. The maximum Gasteiger partial charge on any atom is 0.417 e. The number of alkyl halides is 3. The van der Waals surface area contributed by atoms with Crippen LogP contribution in [0.3, 0.4) is 0 Å². The van der Waals surface area contributed by atoms with Crippen molar-refractivity contribution in [1.29, 1.82) is 5.26 Å². The molecule has 0 bridgehead atoms. The molecule has 2 fully saturated rings. The van der Waals surface area contributed by atoms with Gasteiger partial charge in [0.2, 0.25) is 11.8 Å². The number of ether oxygens (including phenoxy) is 2. The van der Waals surface area contributed by atoms with Crippen LogP contribution in [0.5, 0.6) is 5.75 Å². The van der Waals surface area contributed by atoms with Crippen molar-refractivity contribution in [3.05, 3.63) is 70.5 Å². The molecule has 1 N–H and O–H groups in total. The topological polar surface area (TPSA) is 197 Å². The van der Waals surface area contributed by atoms with Crippen LogP contribution in [0.2, 0.25) is 0 Å². The number of fused-ring (bicyclic) bond motifs is 1. The molecule has 0 saturated carbocycles. The molecule has 2 aromatic carbocycles. The molecule has 1 unspecified atom stereocenters. The fourth-order valence-corrected chi connectivity index (χ4v) is 6.47. The smallest absolute Gasteiger partial charge is 0.417 e. The molecule has 0 radical (unpaired) electrons. The number of aromatic nitrogens is 3. The van der Waals surface area contributed by atoms with Gasteiger partial charge < -0.3 is 14.4 Å². The Morgan fingerprint density at radius 1 is 1.02 bits per heavy atom. The summed E-state index contributed by atoms with van der Waals surface area (Å²) in [6.45, 7) is 3.89. The van der Waals surface area contributed by atoms with Gasteiger partial charge >= 0.3 is 12.2 Å². The van der Waals surface area contributed by atoms with Crippen molar-refractivity contribution in [3.8, 4) is 11.8 Å². The molecule has 7 amide bonds. The van der Waals surface area contributed by atoms with Crippen LogP contribution in [0.4, 0.5) is 23.7 Å². The molecule has 3 aromatic rings. The summed E-state index contributed by atoms with van der Waals surface area (Å²) in [5, 5.41) is 19.4. The number of rotatable bonds is 13. The summed E-state index contributed by atoms with van der Waals surface area (Å²) in [4.78, 5) is 79.4. The van der Waals surface area contributed by atoms with Crippen molar-refractivity contribution in [2.75, 3.05) is 24.7 Å². The van der Waals surface area contributed by atoms with Gasteiger partial charge in [-0.25, -0.2) is 9.69 Å². The van der Waals surface area contributed by atoms with E-state index in [0.29, 0.717) is 36.0 Å². The van der Waals surface area contributed by atoms with Crippen LogP contribution in [-0.2, 0) is 38.4 Å². The Morgan fingerprint density at radius 2 is 1.80 bits per heavy atom. The largest absolute Gasteiger partial charge is 0.493 e. The number of nitrogens with zero attached hydrogens (tertiary/aromatic N) is 7. The summed E-state index contributed by atoms with van der Waals surface area (Å²) >= 11 is 0. The molecular weight excluding hydrogens is 717 g/mol. The van der Waals surface area contributed by atoms with Crippen LogP contribution in [0.15, 0.2) is 42.6 Å². The second-order valence-electron chi connectivity index (χ2n) is 13.2. The highest BCUT2D eigenvalue weighted by Crippen LogP contribution is 2.38. The average Bonchev–Trinajstić information content (AvgIpc) is 3.73. The van der Waals surface area contributed by atoms with E-state index in [9.17, 15) is 41.9 Å². The molecular formula is C35H33F3N8O8. The number of imide groups is 3. The molecule has 2 saturated heterocycles. The third-order valence-corrected chi connectivity index (χ3v) is 9.24. The average molecular weight is 751 g/mol. The first-order valence-corrected chi connectivity index (χ1v) is 16.8. The third kappa shape index (κ3) is 7.11. The van der Waals surface area contributed by atoms with Crippen molar-refractivity contribution >= 4 is 41.3 Å². The van der Waals surface area contributed by atoms with E-state index in [0.717, 1.165) is 17.0 Å². The second kappa shape index (κ2) is 14.7. The molecule has 3 aliphatic heterocycles. The Morgan fingerprint density at radius 3 is 2.52 bits per heavy atom. The van der Waals surface area contributed by atoms with Gasteiger partial charge in [-0.05, 0) is 57.0 Å². The van der Waals surface area contributed by atoms with E-state index in [-0.39, 0.29) is 61.8 Å². The number of halogens is 3. The van der Waals surface area contributed by atoms with Gasteiger partial charge in [-0.2, -0.15) is 18.4 Å². The minimum absolute atomic E-state index is 0.00977. The highest BCUT2D eigenvalue weighted by atomic mass is 19.4. The van der Waals surface area contributed by atoms with Gasteiger partial charge in [0.05, 0.1) is 60.0 Å². The molecule has 1 atom stereocenters. The summed E-state index contributed by atoms with van der Waals surface area (Å²) in [5.74, 6) is -2.99. The maximum absolute atomic E-state index is 13.6. The molecule has 0 aliphatic carbocycles. The molecule has 19 heteroatoms. The van der Waals surface area contributed by atoms with Crippen molar-refractivity contribution < 1.29 is 51.4 Å². The van der Waals surface area contributed by atoms with Crippen molar-refractivity contribution in [2.24, 2.45) is 0 Å². The lowest BCUT2D eigenvalue weighted by Gasteiger charge is -2.27. The molecule has 282 valence electrons. The number of hydrogen-bond acceptors (Lipinski definition) is 11. The van der Waals surface area contributed by atoms with Gasteiger partial charge in [0.25, 0.3) is 17.7 Å². The Kier molecular flexibility index (Phi) is 10.2. The zero-order valence-corrected chi connectivity index (χ0v) is 29.0. The summed E-state index contributed by atoms with van der Waals surface area (Å²) in [5.41, 5.74) is -2.83. The summed E-state index contributed by atoms with van der Waals surface area (Å²) in [7, 11) is 0. The zero-order valence-electron chi connectivity index (χ0n) is 29.0.